The Kier molecular flexibility index (Phi) is 6.33. The zero-order chi connectivity index (χ0) is 21.0. The van der Waals surface area contributed by atoms with Gasteiger partial charge in [-0.3, -0.25) is 9.59 Å². The fourth-order valence-electron chi connectivity index (χ4n) is 3.83. The van der Waals surface area contributed by atoms with Crippen LogP contribution in [0, 0.1) is 5.82 Å². The summed E-state index contributed by atoms with van der Waals surface area (Å²) in [5.41, 5.74) is 1.55. The second-order valence-corrected chi connectivity index (χ2v) is 7.55. The molecule has 0 saturated carbocycles. The van der Waals surface area contributed by atoms with Crippen LogP contribution in [-0.4, -0.2) is 61.0 Å². The summed E-state index contributed by atoms with van der Waals surface area (Å²) in [4.78, 5) is 28.7. The number of amides is 2. The molecule has 0 bridgehead atoms. The molecular formula is C23H27FN2O3. The van der Waals surface area contributed by atoms with Gasteiger partial charge in [0.1, 0.15) is 5.82 Å². The van der Waals surface area contributed by atoms with E-state index in [2.05, 4.69) is 0 Å². The largest absolute Gasteiger partial charge is 0.361 e. The molecule has 3 rings (SSSR count). The van der Waals surface area contributed by atoms with Crippen LogP contribution in [0.2, 0.25) is 0 Å². The predicted molar refractivity (Wildman–Crippen MR) is 110 cm³/mol. The van der Waals surface area contributed by atoms with Crippen molar-refractivity contribution < 1.29 is 18.7 Å². The minimum absolute atomic E-state index is 0.0102. The van der Waals surface area contributed by atoms with E-state index in [1.54, 1.807) is 31.1 Å². The average molecular weight is 398 g/mol. The third-order valence-corrected chi connectivity index (χ3v) is 5.29. The highest BCUT2D eigenvalue weighted by Gasteiger charge is 2.46. The molecular weight excluding hydrogens is 371 g/mol. The van der Waals surface area contributed by atoms with Gasteiger partial charge in [0.05, 0.1) is 13.2 Å². The van der Waals surface area contributed by atoms with Gasteiger partial charge < -0.3 is 14.5 Å². The third kappa shape index (κ3) is 4.48. The van der Waals surface area contributed by atoms with Gasteiger partial charge in [-0.25, -0.2) is 4.39 Å². The molecule has 29 heavy (non-hydrogen) atoms. The highest BCUT2D eigenvalue weighted by molar-refractivity contribution is 5.87. The number of morpholine rings is 1. The van der Waals surface area contributed by atoms with E-state index < -0.39 is 5.60 Å². The molecule has 0 radical (unpaired) electrons. The van der Waals surface area contributed by atoms with Gasteiger partial charge >= 0.3 is 0 Å². The van der Waals surface area contributed by atoms with Crippen molar-refractivity contribution in [2.45, 2.75) is 25.4 Å². The van der Waals surface area contributed by atoms with E-state index >= 15 is 0 Å². The molecule has 2 amide bonds. The Hall–Kier alpha value is -2.73. The van der Waals surface area contributed by atoms with Crippen LogP contribution in [0.1, 0.15) is 18.9 Å². The Labute approximate surface area is 171 Å². The fraction of sp³-hybridized carbons (Fsp3) is 0.391. The summed E-state index contributed by atoms with van der Waals surface area (Å²) in [6.07, 6.45) is 0.712. The SMILES string of the molecule is CCC(=O)N1CCO[C@](Cc2ccccc2-c2ccc(F)cc2)(C(=O)N(C)C)C1. The molecule has 1 heterocycles. The molecule has 1 fully saturated rings. The highest BCUT2D eigenvalue weighted by atomic mass is 19.1. The van der Waals surface area contributed by atoms with E-state index in [0.29, 0.717) is 26.0 Å². The molecule has 1 saturated heterocycles. The van der Waals surface area contributed by atoms with Crippen molar-refractivity contribution in [3.63, 3.8) is 0 Å². The van der Waals surface area contributed by atoms with Gasteiger partial charge in [-0.05, 0) is 28.8 Å². The lowest BCUT2D eigenvalue weighted by atomic mass is 9.87. The number of carbonyl (C=O) groups is 2. The molecule has 0 spiro atoms. The Balaban J connectivity index is 2.00. The van der Waals surface area contributed by atoms with Crippen molar-refractivity contribution in [2.24, 2.45) is 0 Å². The van der Waals surface area contributed by atoms with E-state index in [1.165, 1.54) is 17.0 Å². The molecule has 0 unspecified atom stereocenters. The Morgan fingerprint density at radius 1 is 1.14 bits per heavy atom. The van der Waals surface area contributed by atoms with E-state index in [-0.39, 0.29) is 24.2 Å². The summed E-state index contributed by atoms with van der Waals surface area (Å²) in [6, 6.07) is 14.0. The van der Waals surface area contributed by atoms with E-state index in [1.807, 2.05) is 31.2 Å². The summed E-state index contributed by atoms with van der Waals surface area (Å²) in [6.45, 7) is 2.82. The first-order chi connectivity index (χ1) is 13.9. The second kappa shape index (κ2) is 8.74. The number of hydrogen-bond acceptors (Lipinski definition) is 3. The lowest BCUT2D eigenvalue weighted by Gasteiger charge is -2.43. The molecule has 1 atom stereocenters. The van der Waals surface area contributed by atoms with Crippen molar-refractivity contribution in [3.05, 3.63) is 59.9 Å². The number of hydrogen-bond donors (Lipinski definition) is 0. The summed E-state index contributed by atoms with van der Waals surface area (Å²) in [7, 11) is 3.39. The number of nitrogens with zero attached hydrogens (tertiary/aromatic N) is 2. The quantitative estimate of drug-likeness (QED) is 0.778. The monoisotopic (exact) mass is 398 g/mol. The van der Waals surface area contributed by atoms with Crippen LogP contribution in [0.5, 0.6) is 0 Å². The van der Waals surface area contributed by atoms with Crippen molar-refractivity contribution in [1.29, 1.82) is 0 Å². The van der Waals surface area contributed by atoms with E-state index in [4.69, 9.17) is 4.74 Å². The molecule has 2 aromatic carbocycles. The molecule has 2 aromatic rings. The lowest BCUT2D eigenvalue weighted by molar-refractivity contribution is -0.172. The maximum Gasteiger partial charge on any atom is 0.256 e. The number of ether oxygens (including phenoxy) is 1. The number of halogens is 1. The van der Waals surface area contributed by atoms with Crippen LogP contribution in [0.25, 0.3) is 11.1 Å². The molecule has 0 aromatic heterocycles. The van der Waals surface area contributed by atoms with Gasteiger partial charge in [0.15, 0.2) is 5.60 Å². The van der Waals surface area contributed by atoms with Crippen molar-refractivity contribution in [1.82, 2.24) is 9.80 Å². The van der Waals surface area contributed by atoms with Crippen molar-refractivity contribution >= 4 is 11.8 Å². The van der Waals surface area contributed by atoms with E-state index in [0.717, 1.165) is 16.7 Å². The minimum Gasteiger partial charge on any atom is -0.361 e. The van der Waals surface area contributed by atoms with Crippen LogP contribution < -0.4 is 0 Å². The minimum atomic E-state index is -1.15. The molecule has 0 aliphatic carbocycles. The smallest absolute Gasteiger partial charge is 0.256 e. The molecule has 0 N–H and O–H groups in total. The summed E-state index contributed by atoms with van der Waals surface area (Å²) >= 11 is 0. The Bertz CT molecular complexity index is 882. The normalized spacial score (nSPS) is 19.1. The highest BCUT2D eigenvalue weighted by Crippen LogP contribution is 2.31. The van der Waals surface area contributed by atoms with E-state index in [9.17, 15) is 14.0 Å². The molecule has 5 nitrogen and oxygen atoms in total. The van der Waals surface area contributed by atoms with Crippen LogP contribution in [0.4, 0.5) is 4.39 Å². The Morgan fingerprint density at radius 2 is 1.83 bits per heavy atom. The van der Waals surface area contributed by atoms with Gasteiger partial charge in [0.2, 0.25) is 5.91 Å². The zero-order valence-electron chi connectivity index (χ0n) is 17.2. The van der Waals surface area contributed by atoms with Gasteiger partial charge in [0.25, 0.3) is 5.91 Å². The fourth-order valence-corrected chi connectivity index (χ4v) is 3.83. The molecule has 1 aliphatic heterocycles. The maximum atomic E-state index is 13.4. The Morgan fingerprint density at radius 3 is 2.48 bits per heavy atom. The van der Waals surface area contributed by atoms with Crippen LogP contribution in [-0.2, 0) is 20.7 Å². The molecule has 6 heteroatoms. The first kappa shape index (κ1) is 21.0. The maximum absolute atomic E-state index is 13.4. The van der Waals surface area contributed by atoms with Gasteiger partial charge in [-0.1, -0.05) is 43.3 Å². The number of likely N-dealkylation sites (N-methyl/N-ethyl adjacent to an activating group) is 1. The standard InChI is InChI=1S/C23H27FN2O3/c1-4-21(27)26-13-14-29-23(16-26,22(28)25(2)3)15-18-7-5-6-8-20(18)17-9-11-19(24)12-10-17/h5-12H,4,13-16H2,1-3H3/t23-/m0/s1. The second-order valence-electron chi connectivity index (χ2n) is 7.55. The summed E-state index contributed by atoms with van der Waals surface area (Å²) in [5, 5.41) is 0. The third-order valence-electron chi connectivity index (χ3n) is 5.29. The number of rotatable bonds is 5. The first-order valence-corrected chi connectivity index (χ1v) is 9.83. The topological polar surface area (TPSA) is 49.9 Å². The number of carbonyl (C=O) groups excluding carboxylic acids is 2. The predicted octanol–water partition coefficient (Wildman–Crippen LogP) is 3.13. The van der Waals surface area contributed by atoms with Crippen molar-refractivity contribution in [2.75, 3.05) is 33.8 Å². The van der Waals surface area contributed by atoms with Gasteiger partial charge in [-0.15, -0.1) is 0 Å². The lowest BCUT2D eigenvalue weighted by Crippen LogP contribution is -2.61. The van der Waals surface area contributed by atoms with Gasteiger partial charge in [-0.2, -0.15) is 0 Å². The van der Waals surface area contributed by atoms with Crippen LogP contribution in [0.3, 0.4) is 0 Å². The van der Waals surface area contributed by atoms with Crippen LogP contribution in [0.15, 0.2) is 48.5 Å². The van der Waals surface area contributed by atoms with Crippen LogP contribution >= 0.6 is 0 Å². The zero-order valence-corrected chi connectivity index (χ0v) is 17.2. The molecule has 1 aliphatic rings. The summed E-state index contributed by atoms with van der Waals surface area (Å²) < 4.78 is 19.5. The average Bonchev–Trinajstić information content (AvgIpc) is 2.73. The first-order valence-electron chi connectivity index (χ1n) is 9.83. The van der Waals surface area contributed by atoms with Crippen molar-refractivity contribution in [3.8, 4) is 11.1 Å². The molecule has 154 valence electrons. The van der Waals surface area contributed by atoms with Gasteiger partial charge in [0, 0.05) is 33.5 Å². The summed E-state index contributed by atoms with van der Waals surface area (Å²) in [5.74, 6) is -0.453. The number of benzene rings is 2.